The van der Waals surface area contributed by atoms with Gasteiger partial charge in [0.25, 0.3) is 0 Å². The van der Waals surface area contributed by atoms with Gasteiger partial charge in [-0.1, -0.05) is 0 Å². The summed E-state index contributed by atoms with van der Waals surface area (Å²) in [5, 5.41) is 8.59. The van der Waals surface area contributed by atoms with Crippen LogP contribution in [0.25, 0.3) is 0 Å². The van der Waals surface area contributed by atoms with Gasteiger partial charge in [-0.05, 0) is 31.2 Å². The number of hydrogen-bond acceptors (Lipinski definition) is 2. The third-order valence-electron chi connectivity index (χ3n) is 1.31. The molecule has 0 aliphatic rings. The van der Waals surface area contributed by atoms with Gasteiger partial charge in [0.05, 0.1) is 12.2 Å². The number of carboxylic acid groups (broad SMARTS) is 1. The summed E-state index contributed by atoms with van der Waals surface area (Å²) in [7, 11) is 0. The monoisotopic (exact) mass is 165 g/mol. The highest BCUT2D eigenvalue weighted by atomic mass is 16.5. The molecular weight excluding hydrogens is 156 g/mol. The minimum Gasteiger partial charge on any atom is -0.494 e. The molecule has 0 spiro atoms. The van der Waals surface area contributed by atoms with E-state index in [1.807, 2.05) is 6.92 Å². The van der Waals surface area contributed by atoms with Crippen LogP contribution in [0.1, 0.15) is 17.3 Å². The summed E-state index contributed by atoms with van der Waals surface area (Å²) < 4.78 is 5.11. The van der Waals surface area contributed by atoms with Crippen molar-refractivity contribution in [1.82, 2.24) is 0 Å². The topological polar surface area (TPSA) is 46.5 Å². The predicted octanol–water partition coefficient (Wildman–Crippen LogP) is 1.58. The Morgan fingerprint density at radius 1 is 1.75 bits per heavy atom. The van der Waals surface area contributed by atoms with E-state index in [1.54, 1.807) is 6.07 Å². The molecule has 1 aromatic carbocycles. The fourth-order valence-corrected chi connectivity index (χ4v) is 0.826. The normalized spacial score (nSPS) is 9.42. The van der Waals surface area contributed by atoms with E-state index >= 15 is 0 Å². The van der Waals surface area contributed by atoms with Gasteiger partial charge in [0.2, 0.25) is 0 Å². The first-order valence-corrected chi connectivity index (χ1v) is 3.62. The molecule has 0 aliphatic heterocycles. The van der Waals surface area contributed by atoms with Crippen molar-refractivity contribution in [3.63, 3.8) is 0 Å². The molecule has 1 aromatic rings. The van der Waals surface area contributed by atoms with Crippen LogP contribution < -0.4 is 4.74 Å². The summed E-state index contributed by atoms with van der Waals surface area (Å²) in [6.07, 6.45) is 0. The fraction of sp³-hybridized carbons (Fsp3) is 0.222. The Labute approximate surface area is 70.6 Å². The maximum absolute atomic E-state index is 10.5. The zero-order valence-electron chi connectivity index (χ0n) is 6.70. The van der Waals surface area contributed by atoms with E-state index in [2.05, 4.69) is 6.07 Å². The van der Waals surface area contributed by atoms with Crippen molar-refractivity contribution < 1.29 is 14.6 Å². The Hall–Kier alpha value is -1.51. The SMILES string of the molecule is CCOc1cc[c]c(C(=O)O)c1. The van der Waals surface area contributed by atoms with Gasteiger partial charge in [0.1, 0.15) is 5.75 Å². The van der Waals surface area contributed by atoms with E-state index < -0.39 is 5.97 Å². The summed E-state index contributed by atoms with van der Waals surface area (Å²) in [5.41, 5.74) is 0.126. The first kappa shape index (κ1) is 8.59. The number of hydrogen-bond donors (Lipinski definition) is 1. The van der Waals surface area contributed by atoms with Crippen molar-refractivity contribution in [3.8, 4) is 5.75 Å². The quantitative estimate of drug-likeness (QED) is 0.739. The van der Waals surface area contributed by atoms with Gasteiger partial charge in [-0.3, -0.25) is 0 Å². The number of rotatable bonds is 3. The molecule has 0 bridgehead atoms. The van der Waals surface area contributed by atoms with Crippen molar-refractivity contribution in [1.29, 1.82) is 0 Å². The lowest BCUT2D eigenvalue weighted by molar-refractivity contribution is 0.0696. The average molecular weight is 165 g/mol. The van der Waals surface area contributed by atoms with Gasteiger partial charge in [0, 0.05) is 0 Å². The predicted molar refractivity (Wildman–Crippen MR) is 43.4 cm³/mol. The Morgan fingerprint density at radius 3 is 3.08 bits per heavy atom. The maximum atomic E-state index is 10.5. The van der Waals surface area contributed by atoms with Crippen LogP contribution in [0.15, 0.2) is 18.2 Å². The minimum atomic E-state index is -0.989. The lowest BCUT2D eigenvalue weighted by Crippen LogP contribution is -1.98. The summed E-state index contributed by atoms with van der Waals surface area (Å²) >= 11 is 0. The second-order valence-electron chi connectivity index (χ2n) is 2.18. The second-order valence-corrected chi connectivity index (χ2v) is 2.18. The van der Waals surface area contributed by atoms with Crippen LogP contribution in [-0.4, -0.2) is 17.7 Å². The number of aromatic carboxylic acids is 1. The molecule has 12 heavy (non-hydrogen) atoms. The summed E-state index contributed by atoms with van der Waals surface area (Å²) in [6.45, 7) is 2.38. The number of carbonyl (C=O) groups is 1. The van der Waals surface area contributed by atoms with Gasteiger partial charge in [-0.2, -0.15) is 0 Å². The third-order valence-corrected chi connectivity index (χ3v) is 1.31. The van der Waals surface area contributed by atoms with E-state index in [0.29, 0.717) is 12.4 Å². The largest absolute Gasteiger partial charge is 0.494 e. The lowest BCUT2D eigenvalue weighted by atomic mass is 10.2. The van der Waals surface area contributed by atoms with E-state index in [0.717, 1.165) is 0 Å². The Kier molecular flexibility index (Phi) is 2.69. The van der Waals surface area contributed by atoms with Crippen LogP contribution in [0.3, 0.4) is 0 Å². The van der Waals surface area contributed by atoms with Gasteiger partial charge < -0.3 is 9.84 Å². The highest BCUT2D eigenvalue weighted by molar-refractivity contribution is 5.87. The highest BCUT2D eigenvalue weighted by Crippen LogP contribution is 2.12. The molecule has 0 saturated heterocycles. The van der Waals surface area contributed by atoms with Crippen molar-refractivity contribution in [2.75, 3.05) is 6.61 Å². The summed E-state index contributed by atoms with van der Waals surface area (Å²) in [5.74, 6) is -0.426. The molecule has 1 radical (unpaired) electrons. The maximum Gasteiger partial charge on any atom is 0.336 e. The molecule has 1 rings (SSSR count). The Bertz CT molecular complexity index is 281. The van der Waals surface area contributed by atoms with Gasteiger partial charge >= 0.3 is 5.97 Å². The number of ether oxygens (including phenoxy) is 1. The smallest absolute Gasteiger partial charge is 0.336 e. The molecule has 3 heteroatoms. The van der Waals surface area contributed by atoms with Crippen molar-refractivity contribution in [3.05, 3.63) is 29.8 Å². The molecule has 1 N–H and O–H groups in total. The van der Waals surface area contributed by atoms with E-state index in [9.17, 15) is 4.79 Å². The first-order chi connectivity index (χ1) is 5.74. The van der Waals surface area contributed by atoms with Crippen LogP contribution in [0.2, 0.25) is 0 Å². The lowest BCUT2D eigenvalue weighted by Gasteiger charge is -2.02. The van der Waals surface area contributed by atoms with E-state index in [4.69, 9.17) is 9.84 Å². The van der Waals surface area contributed by atoms with E-state index in [1.165, 1.54) is 12.1 Å². The van der Waals surface area contributed by atoms with E-state index in [-0.39, 0.29) is 5.56 Å². The fourth-order valence-electron chi connectivity index (χ4n) is 0.826. The molecule has 0 aromatic heterocycles. The van der Waals surface area contributed by atoms with Gasteiger partial charge in [0.15, 0.2) is 0 Å². The van der Waals surface area contributed by atoms with Crippen LogP contribution >= 0.6 is 0 Å². The third kappa shape index (κ3) is 1.99. The summed E-state index contributed by atoms with van der Waals surface area (Å²) in [6, 6.07) is 7.25. The van der Waals surface area contributed by atoms with Crippen LogP contribution in [-0.2, 0) is 0 Å². The van der Waals surface area contributed by atoms with Crippen molar-refractivity contribution in [2.24, 2.45) is 0 Å². The van der Waals surface area contributed by atoms with Gasteiger partial charge in [-0.25, -0.2) is 4.79 Å². The standard InChI is InChI=1S/C9H9O3/c1-2-12-8-5-3-4-7(6-8)9(10)11/h3,5-6H,2H2,1H3,(H,10,11). The van der Waals surface area contributed by atoms with Crippen molar-refractivity contribution >= 4 is 5.97 Å². The Balaban J connectivity index is 2.88. The summed E-state index contributed by atoms with van der Waals surface area (Å²) in [4.78, 5) is 10.5. The molecule has 0 heterocycles. The number of benzene rings is 1. The molecule has 0 fully saturated rings. The zero-order valence-corrected chi connectivity index (χ0v) is 6.70. The van der Waals surface area contributed by atoms with Crippen LogP contribution in [0, 0.1) is 6.07 Å². The van der Waals surface area contributed by atoms with Crippen LogP contribution in [0.4, 0.5) is 0 Å². The van der Waals surface area contributed by atoms with Gasteiger partial charge in [-0.15, -0.1) is 0 Å². The Morgan fingerprint density at radius 2 is 2.50 bits per heavy atom. The molecule has 0 unspecified atom stereocenters. The highest BCUT2D eigenvalue weighted by Gasteiger charge is 2.02. The molecule has 0 saturated carbocycles. The zero-order chi connectivity index (χ0) is 8.97. The molecule has 0 atom stereocenters. The first-order valence-electron chi connectivity index (χ1n) is 3.62. The minimum absolute atomic E-state index is 0.126. The van der Waals surface area contributed by atoms with Crippen molar-refractivity contribution in [2.45, 2.75) is 6.92 Å². The molecule has 0 aliphatic carbocycles. The molecule has 3 nitrogen and oxygen atoms in total. The molecular formula is C9H9O3. The second kappa shape index (κ2) is 3.76. The average Bonchev–Trinajstić information content (AvgIpc) is 2.05. The molecule has 63 valence electrons. The molecule has 0 amide bonds. The van der Waals surface area contributed by atoms with Crippen LogP contribution in [0.5, 0.6) is 5.75 Å². The number of carboxylic acids is 1.